The van der Waals surface area contributed by atoms with Gasteiger partial charge in [0.05, 0.1) is 5.69 Å². The van der Waals surface area contributed by atoms with E-state index in [0.29, 0.717) is 32.5 Å². The molecular formula is C31H24ClN3O3S. The van der Waals surface area contributed by atoms with Gasteiger partial charge in [-0.15, -0.1) is 0 Å². The number of para-hydroxylation sites is 1. The molecule has 0 unspecified atom stereocenters. The Hall–Kier alpha value is -4.33. The van der Waals surface area contributed by atoms with Crippen molar-refractivity contribution in [2.75, 3.05) is 15.5 Å². The predicted octanol–water partition coefficient (Wildman–Crippen LogP) is 7.20. The molecule has 6 nitrogen and oxygen atoms in total. The van der Waals surface area contributed by atoms with Gasteiger partial charge in [0.25, 0.3) is 17.7 Å². The quantitative estimate of drug-likeness (QED) is 0.237. The number of hydrogen-bond acceptors (Lipinski definition) is 5. The van der Waals surface area contributed by atoms with Crippen molar-refractivity contribution in [2.45, 2.75) is 18.7 Å². The fourth-order valence-electron chi connectivity index (χ4n) is 4.04. The Morgan fingerprint density at radius 1 is 0.769 bits per heavy atom. The highest BCUT2D eigenvalue weighted by molar-refractivity contribution is 8.04. The molecule has 0 saturated heterocycles. The van der Waals surface area contributed by atoms with Crippen LogP contribution in [0.15, 0.2) is 113 Å². The molecule has 0 aromatic heterocycles. The molecule has 0 bridgehead atoms. The van der Waals surface area contributed by atoms with Crippen LogP contribution in [0.2, 0.25) is 5.02 Å². The van der Waals surface area contributed by atoms with Crippen molar-refractivity contribution in [2.24, 2.45) is 0 Å². The smallest absolute Gasteiger partial charge is 0.283 e. The number of nitrogens with zero attached hydrogens (tertiary/aromatic N) is 1. The van der Waals surface area contributed by atoms with E-state index in [9.17, 15) is 14.4 Å². The number of carbonyl (C=O) groups is 3. The Morgan fingerprint density at radius 2 is 1.49 bits per heavy atom. The second-order valence-corrected chi connectivity index (χ2v) is 10.5. The summed E-state index contributed by atoms with van der Waals surface area (Å²) in [6, 6.07) is 28.5. The molecule has 0 atom stereocenters. The van der Waals surface area contributed by atoms with Gasteiger partial charge < -0.3 is 10.6 Å². The van der Waals surface area contributed by atoms with E-state index in [4.69, 9.17) is 11.6 Å². The van der Waals surface area contributed by atoms with Gasteiger partial charge in [-0.3, -0.25) is 14.4 Å². The number of benzene rings is 4. The van der Waals surface area contributed by atoms with Crippen molar-refractivity contribution >= 4 is 58.1 Å². The largest absolute Gasteiger partial charge is 0.350 e. The van der Waals surface area contributed by atoms with Crippen molar-refractivity contribution in [3.63, 3.8) is 0 Å². The number of aryl methyl sites for hydroxylation is 2. The summed E-state index contributed by atoms with van der Waals surface area (Å²) >= 11 is 7.10. The molecule has 0 spiro atoms. The lowest BCUT2D eigenvalue weighted by atomic mass is 10.1. The Morgan fingerprint density at radius 3 is 2.21 bits per heavy atom. The fraction of sp³-hybridized carbons (Fsp3) is 0.0645. The molecule has 1 heterocycles. The summed E-state index contributed by atoms with van der Waals surface area (Å²) in [5, 5.41) is 6.57. The van der Waals surface area contributed by atoms with E-state index in [2.05, 4.69) is 10.6 Å². The molecule has 5 rings (SSSR count). The SMILES string of the molecule is Cc1ccc(N2C(=O)C(Nc3ccccc3)=C(Sc3cccc(NC(=O)c4ccc(Cl)cc4)c3)C2=O)cc1C. The van der Waals surface area contributed by atoms with Gasteiger partial charge >= 0.3 is 0 Å². The first-order valence-corrected chi connectivity index (χ1v) is 13.4. The van der Waals surface area contributed by atoms with Gasteiger partial charge in [-0.1, -0.05) is 53.7 Å². The summed E-state index contributed by atoms with van der Waals surface area (Å²) in [5.74, 6) is -1.13. The Labute approximate surface area is 235 Å². The average molecular weight is 554 g/mol. The minimum atomic E-state index is -0.429. The molecule has 0 radical (unpaired) electrons. The first-order valence-electron chi connectivity index (χ1n) is 12.2. The molecule has 8 heteroatoms. The summed E-state index contributed by atoms with van der Waals surface area (Å²) in [6.45, 7) is 3.92. The minimum Gasteiger partial charge on any atom is -0.350 e. The van der Waals surface area contributed by atoms with Crippen LogP contribution >= 0.6 is 23.4 Å². The molecule has 1 aliphatic heterocycles. The van der Waals surface area contributed by atoms with Crippen LogP contribution < -0.4 is 15.5 Å². The zero-order valence-corrected chi connectivity index (χ0v) is 22.8. The van der Waals surface area contributed by atoms with Crippen LogP contribution in [-0.4, -0.2) is 17.7 Å². The maximum absolute atomic E-state index is 13.7. The highest BCUT2D eigenvalue weighted by Crippen LogP contribution is 2.39. The van der Waals surface area contributed by atoms with E-state index >= 15 is 0 Å². The average Bonchev–Trinajstić information content (AvgIpc) is 3.15. The number of carbonyl (C=O) groups excluding carboxylic acids is 3. The van der Waals surface area contributed by atoms with Gasteiger partial charge in [0.15, 0.2) is 0 Å². The lowest BCUT2D eigenvalue weighted by Crippen LogP contribution is -2.32. The third-order valence-corrected chi connectivity index (χ3v) is 7.58. The predicted molar refractivity (Wildman–Crippen MR) is 157 cm³/mol. The second kappa shape index (κ2) is 11.2. The molecule has 4 aromatic carbocycles. The van der Waals surface area contributed by atoms with Gasteiger partial charge in [0.2, 0.25) is 0 Å². The van der Waals surface area contributed by atoms with Crippen LogP contribution in [0.1, 0.15) is 21.5 Å². The maximum atomic E-state index is 13.7. The van der Waals surface area contributed by atoms with Crippen molar-refractivity contribution in [1.82, 2.24) is 0 Å². The maximum Gasteiger partial charge on any atom is 0.283 e. The number of anilines is 3. The standard InChI is InChI=1S/C31H24ClN3O3S/c1-19-11-16-25(17-20(19)2)35-30(37)27(33-23-7-4-3-5-8-23)28(31(35)38)39-26-10-6-9-24(18-26)34-29(36)21-12-14-22(32)15-13-21/h3-18,33H,1-2H3,(H,34,36). The highest BCUT2D eigenvalue weighted by atomic mass is 35.5. The van der Waals surface area contributed by atoms with Crippen molar-refractivity contribution in [1.29, 1.82) is 0 Å². The first kappa shape index (κ1) is 26.3. The van der Waals surface area contributed by atoms with Crippen LogP contribution in [0.3, 0.4) is 0 Å². The van der Waals surface area contributed by atoms with Gasteiger partial charge in [0.1, 0.15) is 10.6 Å². The number of imide groups is 1. The Kier molecular flexibility index (Phi) is 7.54. The van der Waals surface area contributed by atoms with Crippen molar-refractivity contribution in [3.05, 3.63) is 129 Å². The second-order valence-electron chi connectivity index (χ2n) is 9.00. The molecule has 194 valence electrons. The molecule has 4 aromatic rings. The molecule has 39 heavy (non-hydrogen) atoms. The first-order chi connectivity index (χ1) is 18.8. The zero-order chi connectivity index (χ0) is 27.5. The van der Waals surface area contributed by atoms with E-state index in [0.717, 1.165) is 11.1 Å². The summed E-state index contributed by atoms with van der Waals surface area (Å²) in [7, 11) is 0. The van der Waals surface area contributed by atoms with Gasteiger partial charge in [-0.05, 0) is 91.7 Å². The number of rotatable bonds is 7. The van der Waals surface area contributed by atoms with Crippen LogP contribution in [0.25, 0.3) is 0 Å². The van der Waals surface area contributed by atoms with Crippen LogP contribution in [0.4, 0.5) is 17.1 Å². The zero-order valence-electron chi connectivity index (χ0n) is 21.2. The normalized spacial score (nSPS) is 13.2. The summed E-state index contributed by atoms with van der Waals surface area (Å²) < 4.78 is 0. The van der Waals surface area contributed by atoms with Gasteiger partial charge in [-0.2, -0.15) is 0 Å². The van der Waals surface area contributed by atoms with E-state index in [1.54, 1.807) is 48.5 Å². The van der Waals surface area contributed by atoms with E-state index in [1.165, 1.54) is 16.7 Å². The summed E-state index contributed by atoms with van der Waals surface area (Å²) in [6.07, 6.45) is 0. The van der Waals surface area contributed by atoms with Gasteiger partial charge in [0, 0.05) is 26.9 Å². The number of hydrogen-bond donors (Lipinski definition) is 2. The summed E-state index contributed by atoms with van der Waals surface area (Å²) in [5.41, 5.74) is 4.48. The third kappa shape index (κ3) is 5.74. The molecule has 0 fully saturated rings. The molecule has 0 aliphatic carbocycles. The molecule has 0 saturated carbocycles. The monoisotopic (exact) mass is 553 g/mol. The third-order valence-electron chi connectivity index (χ3n) is 6.25. The van der Waals surface area contributed by atoms with Crippen LogP contribution in [0, 0.1) is 13.8 Å². The van der Waals surface area contributed by atoms with E-state index in [1.807, 2.05) is 62.4 Å². The summed E-state index contributed by atoms with van der Waals surface area (Å²) in [4.78, 5) is 42.2. The highest BCUT2D eigenvalue weighted by Gasteiger charge is 2.40. The van der Waals surface area contributed by atoms with Crippen LogP contribution in [-0.2, 0) is 9.59 Å². The number of halogens is 1. The number of amides is 3. The Balaban J connectivity index is 1.45. The number of thioether (sulfide) groups is 1. The van der Waals surface area contributed by atoms with Crippen LogP contribution in [0.5, 0.6) is 0 Å². The van der Waals surface area contributed by atoms with E-state index < -0.39 is 11.8 Å². The molecule has 2 N–H and O–H groups in total. The molecular weight excluding hydrogens is 530 g/mol. The fourth-order valence-corrected chi connectivity index (χ4v) is 5.15. The van der Waals surface area contributed by atoms with E-state index in [-0.39, 0.29) is 16.5 Å². The number of nitrogens with one attached hydrogen (secondary N) is 2. The lowest BCUT2D eigenvalue weighted by Gasteiger charge is -2.16. The lowest BCUT2D eigenvalue weighted by molar-refractivity contribution is -0.120. The van der Waals surface area contributed by atoms with Crippen molar-refractivity contribution < 1.29 is 14.4 Å². The molecule has 3 amide bonds. The van der Waals surface area contributed by atoms with Crippen molar-refractivity contribution in [3.8, 4) is 0 Å². The minimum absolute atomic E-state index is 0.199. The van der Waals surface area contributed by atoms with Gasteiger partial charge in [-0.25, -0.2) is 4.90 Å². The Bertz CT molecular complexity index is 1620. The topological polar surface area (TPSA) is 78.5 Å². The molecule has 1 aliphatic rings.